The van der Waals surface area contributed by atoms with Crippen LogP contribution >= 0.6 is 0 Å². The molecule has 0 amide bonds. The van der Waals surface area contributed by atoms with Crippen LogP contribution in [0.2, 0.25) is 0 Å². The van der Waals surface area contributed by atoms with Crippen LogP contribution in [0.1, 0.15) is 0 Å². The Morgan fingerprint density at radius 3 is 1.85 bits per heavy atom. The standard InChI is InChI=1S/C12H22O14S/c13-1-3-5(15)6(16)10(26-27(20,21)22)12(24-3)25-9-4(2-14)23-11(19)8(18)7(9)17/h3-19H,1-2H2,(H,20,21,22)/t3-,4-,5+,6+,7-,8-,9-,10-,11-,12+/m1/s1. The smallest absolute Gasteiger partial charge is 0.394 e. The van der Waals surface area contributed by atoms with E-state index in [0.717, 1.165) is 0 Å². The van der Waals surface area contributed by atoms with Crippen molar-refractivity contribution < 1.29 is 67.1 Å². The molecule has 2 aliphatic rings. The van der Waals surface area contributed by atoms with E-state index in [2.05, 4.69) is 4.18 Å². The zero-order valence-electron chi connectivity index (χ0n) is 13.6. The summed E-state index contributed by atoms with van der Waals surface area (Å²) in [4.78, 5) is 0. The Kier molecular flexibility index (Phi) is 7.47. The van der Waals surface area contributed by atoms with Crippen LogP contribution in [0.15, 0.2) is 0 Å². The van der Waals surface area contributed by atoms with Crippen LogP contribution < -0.4 is 0 Å². The zero-order valence-corrected chi connectivity index (χ0v) is 14.4. The molecule has 2 fully saturated rings. The van der Waals surface area contributed by atoms with Gasteiger partial charge in [0.2, 0.25) is 0 Å². The second kappa shape index (κ2) is 8.87. The van der Waals surface area contributed by atoms with Crippen molar-refractivity contribution in [3.63, 3.8) is 0 Å². The van der Waals surface area contributed by atoms with Crippen LogP contribution in [-0.2, 0) is 28.8 Å². The highest BCUT2D eigenvalue weighted by Gasteiger charge is 2.52. The number of aliphatic hydroxyl groups excluding tert-OH is 7. The maximum absolute atomic E-state index is 11.0. The predicted octanol–water partition coefficient (Wildman–Crippen LogP) is -5.57. The van der Waals surface area contributed by atoms with Crippen molar-refractivity contribution >= 4 is 10.4 Å². The highest BCUT2D eigenvalue weighted by Crippen LogP contribution is 2.30. The van der Waals surface area contributed by atoms with E-state index in [4.69, 9.17) is 18.8 Å². The lowest BCUT2D eigenvalue weighted by Gasteiger charge is -2.45. The number of aliphatic hydroxyl groups is 7. The number of hydrogen-bond donors (Lipinski definition) is 8. The largest absolute Gasteiger partial charge is 0.397 e. The molecule has 2 heterocycles. The lowest BCUT2D eigenvalue weighted by molar-refractivity contribution is -0.352. The third-order valence-electron chi connectivity index (χ3n) is 4.19. The van der Waals surface area contributed by atoms with Gasteiger partial charge in [0.05, 0.1) is 13.2 Å². The molecule has 0 radical (unpaired) electrons. The molecule has 27 heavy (non-hydrogen) atoms. The molecule has 0 bridgehead atoms. The van der Waals surface area contributed by atoms with E-state index < -0.39 is 85.0 Å². The molecule has 0 aliphatic carbocycles. The van der Waals surface area contributed by atoms with Crippen LogP contribution in [0.5, 0.6) is 0 Å². The van der Waals surface area contributed by atoms with Gasteiger partial charge in [-0.05, 0) is 0 Å². The minimum atomic E-state index is -5.16. The molecular weight excluding hydrogens is 400 g/mol. The molecule has 8 N–H and O–H groups in total. The van der Waals surface area contributed by atoms with Crippen molar-refractivity contribution in [1.82, 2.24) is 0 Å². The Balaban J connectivity index is 2.27. The average molecular weight is 422 g/mol. The summed E-state index contributed by atoms with van der Waals surface area (Å²) < 4.78 is 50.4. The first kappa shape index (κ1) is 22.8. The van der Waals surface area contributed by atoms with E-state index in [1.807, 2.05) is 0 Å². The first-order valence-corrected chi connectivity index (χ1v) is 9.10. The van der Waals surface area contributed by atoms with Gasteiger partial charge in [-0.25, -0.2) is 4.18 Å². The SMILES string of the molecule is O=S(=O)(O)O[C@H]1[C@H](O[C@H]2[C@H](O)[C@@H](O)[C@H](O)O[C@@H]2CO)O[C@H](CO)[C@H](O)[C@@H]1O. The van der Waals surface area contributed by atoms with Crippen molar-refractivity contribution in [3.8, 4) is 0 Å². The van der Waals surface area contributed by atoms with Crippen molar-refractivity contribution in [3.05, 3.63) is 0 Å². The van der Waals surface area contributed by atoms with E-state index >= 15 is 0 Å². The van der Waals surface area contributed by atoms with Gasteiger partial charge in [-0.15, -0.1) is 0 Å². The fraction of sp³-hybridized carbons (Fsp3) is 1.00. The third kappa shape index (κ3) is 5.10. The van der Waals surface area contributed by atoms with Crippen LogP contribution in [0, 0.1) is 0 Å². The van der Waals surface area contributed by atoms with Gasteiger partial charge in [-0.1, -0.05) is 0 Å². The molecule has 0 aromatic heterocycles. The number of hydrogen-bond acceptors (Lipinski definition) is 13. The molecule has 0 aromatic rings. The summed E-state index contributed by atoms with van der Waals surface area (Å²) in [5.74, 6) is 0. The maximum Gasteiger partial charge on any atom is 0.397 e. The lowest BCUT2D eigenvalue weighted by atomic mass is 9.97. The van der Waals surface area contributed by atoms with Crippen LogP contribution in [-0.4, -0.2) is 123 Å². The third-order valence-corrected chi connectivity index (χ3v) is 4.65. The van der Waals surface area contributed by atoms with Crippen molar-refractivity contribution in [2.45, 2.75) is 61.4 Å². The van der Waals surface area contributed by atoms with E-state index in [9.17, 15) is 44.2 Å². The molecule has 14 nitrogen and oxygen atoms in total. The van der Waals surface area contributed by atoms with Crippen molar-refractivity contribution in [2.75, 3.05) is 13.2 Å². The summed E-state index contributed by atoms with van der Waals surface area (Å²) in [5.41, 5.74) is 0. The summed E-state index contributed by atoms with van der Waals surface area (Å²) >= 11 is 0. The summed E-state index contributed by atoms with van der Waals surface area (Å²) in [6, 6.07) is 0. The molecular formula is C12H22O14S. The summed E-state index contributed by atoms with van der Waals surface area (Å²) in [7, 11) is -5.16. The van der Waals surface area contributed by atoms with Gasteiger partial charge in [0.25, 0.3) is 0 Å². The Hall–Kier alpha value is -0.530. The molecule has 0 aromatic carbocycles. The van der Waals surface area contributed by atoms with Gasteiger partial charge in [-0.3, -0.25) is 4.55 Å². The summed E-state index contributed by atoms with van der Waals surface area (Å²) in [6.45, 7) is -1.64. The zero-order chi connectivity index (χ0) is 20.5. The van der Waals surface area contributed by atoms with Gasteiger partial charge < -0.3 is 50.0 Å². The van der Waals surface area contributed by atoms with Crippen molar-refractivity contribution in [1.29, 1.82) is 0 Å². The quantitative estimate of drug-likeness (QED) is 0.186. The van der Waals surface area contributed by atoms with E-state index in [-0.39, 0.29) is 0 Å². The Morgan fingerprint density at radius 1 is 0.778 bits per heavy atom. The molecule has 0 spiro atoms. The molecule has 2 saturated heterocycles. The second-order valence-electron chi connectivity index (χ2n) is 6.02. The summed E-state index contributed by atoms with van der Waals surface area (Å²) in [5, 5.41) is 67.6. The molecule has 10 atom stereocenters. The maximum atomic E-state index is 11.0. The minimum Gasteiger partial charge on any atom is -0.394 e. The molecule has 2 rings (SSSR count). The van der Waals surface area contributed by atoms with Crippen molar-refractivity contribution in [2.24, 2.45) is 0 Å². The van der Waals surface area contributed by atoms with Gasteiger partial charge in [0.15, 0.2) is 18.7 Å². The highest BCUT2D eigenvalue weighted by molar-refractivity contribution is 7.80. The van der Waals surface area contributed by atoms with E-state index in [1.54, 1.807) is 0 Å². The van der Waals surface area contributed by atoms with Gasteiger partial charge >= 0.3 is 10.4 Å². The minimum absolute atomic E-state index is 0.809. The Labute approximate surface area is 153 Å². The molecule has 2 aliphatic heterocycles. The highest BCUT2D eigenvalue weighted by atomic mass is 32.3. The van der Waals surface area contributed by atoms with Gasteiger partial charge in [-0.2, -0.15) is 8.42 Å². The number of ether oxygens (including phenoxy) is 3. The van der Waals surface area contributed by atoms with E-state index in [0.29, 0.717) is 0 Å². The average Bonchev–Trinajstić information content (AvgIpc) is 2.60. The van der Waals surface area contributed by atoms with Gasteiger partial charge in [0, 0.05) is 0 Å². The van der Waals surface area contributed by atoms with Gasteiger partial charge in [0.1, 0.15) is 42.7 Å². The van der Waals surface area contributed by atoms with Crippen LogP contribution in [0.25, 0.3) is 0 Å². The lowest BCUT2D eigenvalue weighted by Crippen LogP contribution is -2.65. The Morgan fingerprint density at radius 2 is 1.33 bits per heavy atom. The fourth-order valence-corrected chi connectivity index (χ4v) is 3.28. The normalized spacial score (nSPS) is 46.4. The first-order valence-electron chi connectivity index (χ1n) is 7.74. The van der Waals surface area contributed by atoms with E-state index in [1.165, 1.54) is 0 Å². The monoisotopic (exact) mass is 422 g/mol. The molecule has 15 heteroatoms. The molecule has 0 saturated carbocycles. The molecule has 0 unspecified atom stereocenters. The van der Waals surface area contributed by atoms with Crippen LogP contribution in [0.3, 0.4) is 0 Å². The molecule has 160 valence electrons. The topological polar surface area (TPSA) is 233 Å². The first-order chi connectivity index (χ1) is 12.5. The fourth-order valence-electron chi connectivity index (χ4n) is 2.80. The van der Waals surface area contributed by atoms with Crippen LogP contribution in [0.4, 0.5) is 0 Å². The Bertz CT molecular complexity index is 583. The summed E-state index contributed by atoms with van der Waals surface area (Å²) in [6.07, 6.45) is -17.9. The predicted molar refractivity (Wildman–Crippen MR) is 79.0 cm³/mol. The second-order valence-corrected chi connectivity index (χ2v) is 7.07. The number of rotatable bonds is 6.